The highest BCUT2D eigenvalue weighted by Gasteiger charge is 2.40. The monoisotopic (exact) mass is 501 g/mol. The number of fused-ring (bicyclic) bond motifs is 4. The molecular weight excluding hydrogens is 482 g/mol. The highest BCUT2D eigenvalue weighted by Crippen LogP contribution is 2.46. The molecule has 31 heavy (non-hydrogen) atoms. The molecule has 5 rings (SSSR count). The molecule has 0 saturated carbocycles. The van der Waals surface area contributed by atoms with Crippen LogP contribution in [0.2, 0.25) is 5.02 Å². The first-order chi connectivity index (χ1) is 14.7. The van der Waals surface area contributed by atoms with Gasteiger partial charge in [0.05, 0.1) is 16.3 Å². The number of nitrogens with zero attached hydrogens (tertiary/aromatic N) is 2. The summed E-state index contributed by atoms with van der Waals surface area (Å²) < 4.78 is 0.951. The Kier molecular flexibility index (Phi) is 4.61. The van der Waals surface area contributed by atoms with Crippen LogP contribution in [0.5, 0.6) is 0 Å². The molecule has 8 heteroatoms. The van der Waals surface area contributed by atoms with E-state index in [2.05, 4.69) is 39.7 Å². The van der Waals surface area contributed by atoms with E-state index in [0.29, 0.717) is 42.3 Å². The second-order valence-electron chi connectivity index (χ2n) is 8.62. The number of carbonyl (C=O) groups is 2. The number of hydrogen-bond donors (Lipinski definition) is 2. The molecule has 2 aliphatic rings. The summed E-state index contributed by atoms with van der Waals surface area (Å²) in [4.78, 5) is 31.8. The number of anilines is 1. The van der Waals surface area contributed by atoms with E-state index in [-0.39, 0.29) is 5.78 Å². The Morgan fingerprint density at radius 3 is 2.55 bits per heavy atom. The number of halogens is 2. The van der Waals surface area contributed by atoms with Crippen LogP contribution in [0.25, 0.3) is 10.9 Å². The second-order valence-corrected chi connectivity index (χ2v) is 9.95. The molecule has 1 amide bonds. The number of nitrogens with one attached hydrogen (secondary N) is 1. The average Bonchev–Trinajstić information content (AvgIpc) is 3.12. The summed E-state index contributed by atoms with van der Waals surface area (Å²) in [5.41, 5.74) is 4.50. The molecule has 1 aliphatic carbocycles. The van der Waals surface area contributed by atoms with E-state index < -0.39 is 11.5 Å². The fraction of sp³-hybridized carbons (Fsp3) is 0.304. The van der Waals surface area contributed by atoms with Gasteiger partial charge >= 0.3 is 6.09 Å². The summed E-state index contributed by atoms with van der Waals surface area (Å²) in [6.45, 7) is 6.19. The van der Waals surface area contributed by atoms with E-state index in [1.807, 2.05) is 24.3 Å². The molecule has 0 bridgehead atoms. The topological polar surface area (TPSA) is 76.6 Å². The van der Waals surface area contributed by atoms with Gasteiger partial charge in [-0.15, -0.1) is 0 Å². The molecule has 2 heterocycles. The SMILES string of the molecule is CC1(C)c2cc(N3CCN(C(=O)O)CC3)c(Cl)cc2C(=O)c2c1[nH]c1cc(Br)ccc21. The molecule has 6 nitrogen and oxygen atoms in total. The number of rotatable bonds is 1. The van der Waals surface area contributed by atoms with Gasteiger partial charge in [-0.2, -0.15) is 0 Å². The van der Waals surface area contributed by atoms with Gasteiger partial charge in [-0.25, -0.2) is 4.79 Å². The summed E-state index contributed by atoms with van der Waals surface area (Å²) in [6, 6.07) is 9.68. The fourth-order valence-electron chi connectivity index (χ4n) is 4.79. The van der Waals surface area contributed by atoms with Crippen molar-refractivity contribution < 1.29 is 14.7 Å². The molecule has 1 saturated heterocycles. The smallest absolute Gasteiger partial charge is 0.407 e. The first-order valence-electron chi connectivity index (χ1n) is 10.1. The number of carboxylic acid groups (broad SMARTS) is 1. The lowest BCUT2D eigenvalue weighted by Gasteiger charge is -2.37. The van der Waals surface area contributed by atoms with Crippen molar-refractivity contribution in [1.29, 1.82) is 0 Å². The maximum absolute atomic E-state index is 13.5. The maximum Gasteiger partial charge on any atom is 0.407 e. The van der Waals surface area contributed by atoms with Crippen molar-refractivity contribution in [3.8, 4) is 0 Å². The number of H-pyrrole nitrogens is 1. The van der Waals surface area contributed by atoms with E-state index in [0.717, 1.165) is 32.3 Å². The Hall–Kier alpha value is -2.51. The van der Waals surface area contributed by atoms with Crippen molar-refractivity contribution in [2.45, 2.75) is 19.3 Å². The number of ketones is 1. The van der Waals surface area contributed by atoms with Crippen molar-refractivity contribution in [1.82, 2.24) is 9.88 Å². The highest BCUT2D eigenvalue weighted by molar-refractivity contribution is 9.10. The molecule has 1 aromatic heterocycles. The normalized spacial score (nSPS) is 17.6. The van der Waals surface area contributed by atoms with E-state index >= 15 is 0 Å². The number of aromatic amines is 1. The van der Waals surface area contributed by atoms with Crippen LogP contribution < -0.4 is 4.90 Å². The molecule has 160 valence electrons. The zero-order chi connectivity index (χ0) is 22.1. The predicted molar refractivity (Wildman–Crippen MR) is 125 cm³/mol. The number of hydrogen-bond acceptors (Lipinski definition) is 3. The minimum absolute atomic E-state index is 0.0259. The van der Waals surface area contributed by atoms with Gasteiger partial charge in [-0.1, -0.05) is 47.4 Å². The van der Waals surface area contributed by atoms with Gasteiger partial charge in [0.25, 0.3) is 0 Å². The molecule has 1 fully saturated rings. The zero-order valence-corrected chi connectivity index (χ0v) is 19.5. The van der Waals surface area contributed by atoms with Gasteiger partial charge < -0.3 is 19.9 Å². The van der Waals surface area contributed by atoms with Crippen LogP contribution in [-0.2, 0) is 5.41 Å². The second kappa shape index (κ2) is 7.00. The zero-order valence-electron chi connectivity index (χ0n) is 17.1. The summed E-state index contributed by atoms with van der Waals surface area (Å²) >= 11 is 10.2. The maximum atomic E-state index is 13.5. The van der Waals surface area contributed by atoms with Crippen LogP contribution >= 0.6 is 27.5 Å². The first kappa shape index (κ1) is 20.4. The third-order valence-electron chi connectivity index (χ3n) is 6.51. The third kappa shape index (κ3) is 3.05. The number of aromatic nitrogens is 1. The number of piperazine rings is 1. The van der Waals surface area contributed by atoms with Crippen LogP contribution in [0, 0.1) is 0 Å². The van der Waals surface area contributed by atoms with Crippen molar-refractivity contribution in [3.63, 3.8) is 0 Å². The highest BCUT2D eigenvalue weighted by atomic mass is 79.9. The molecule has 0 atom stereocenters. The average molecular weight is 503 g/mol. The Labute approximate surface area is 192 Å². The van der Waals surface area contributed by atoms with Gasteiger partial charge in [-0.05, 0) is 29.8 Å². The number of carbonyl (C=O) groups excluding carboxylic acids is 1. The predicted octanol–water partition coefficient (Wildman–Crippen LogP) is 5.25. The van der Waals surface area contributed by atoms with Crippen molar-refractivity contribution in [3.05, 3.63) is 62.2 Å². The largest absolute Gasteiger partial charge is 0.465 e. The van der Waals surface area contributed by atoms with Crippen LogP contribution in [0.3, 0.4) is 0 Å². The van der Waals surface area contributed by atoms with Crippen LogP contribution in [0.4, 0.5) is 10.5 Å². The lowest BCUT2D eigenvalue weighted by atomic mass is 9.71. The molecule has 2 N–H and O–H groups in total. The Balaban J connectivity index is 1.61. The van der Waals surface area contributed by atoms with E-state index in [4.69, 9.17) is 11.6 Å². The minimum Gasteiger partial charge on any atom is -0.465 e. The van der Waals surface area contributed by atoms with Gasteiger partial charge in [0.1, 0.15) is 0 Å². The Morgan fingerprint density at radius 2 is 1.87 bits per heavy atom. The summed E-state index contributed by atoms with van der Waals surface area (Å²) in [6.07, 6.45) is -0.902. The minimum atomic E-state index is -0.902. The Morgan fingerprint density at radius 1 is 1.16 bits per heavy atom. The lowest BCUT2D eigenvalue weighted by Crippen LogP contribution is -2.48. The van der Waals surface area contributed by atoms with Gasteiger partial charge in [-0.3, -0.25) is 4.79 Å². The summed E-state index contributed by atoms with van der Waals surface area (Å²) in [5.74, 6) is -0.0259. The number of benzene rings is 2. The molecule has 0 spiro atoms. The fourth-order valence-corrected chi connectivity index (χ4v) is 5.44. The quantitative estimate of drug-likeness (QED) is 0.476. The van der Waals surface area contributed by atoms with Gasteiger partial charge in [0, 0.05) is 58.2 Å². The number of amides is 1. The van der Waals surface area contributed by atoms with Gasteiger partial charge in [0.15, 0.2) is 5.78 Å². The van der Waals surface area contributed by atoms with Crippen molar-refractivity contribution in [2.75, 3.05) is 31.1 Å². The summed E-state index contributed by atoms with van der Waals surface area (Å²) in [7, 11) is 0. The van der Waals surface area contributed by atoms with E-state index in [9.17, 15) is 14.7 Å². The van der Waals surface area contributed by atoms with Crippen LogP contribution in [0.1, 0.15) is 41.0 Å². The van der Waals surface area contributed by atoms with Gasteiger partial charge in [0.2, 0.25) is 0 Å². The molecular formula is C23H21BrClN3O3. The van der Waals surface area contributed by atoms with Crippen LogP contribution in [0.15, 0.2) is 34.8 Å². The van der Waals surface area contributed by atoms with E-state index in [1.165, 1.54) is 4.90 Å². The van der Waals surface area contributed by atoms with E-state index in [1.54, 1.807) is 6.07 Å². The van der Waals surface area contributed by atoms with Crippen LogP contribution in [-0.4, -0.2) is 53.0 Å². The first-order valence-corrected chi connectivity index (χ1v) is 11.3. The Bertz CT molecular complexity index is 1260. The molecule has 0 unspecified atom stereocenters. The van der Waals surface area contributed by atoms with Crippen molar-refractivity contribution >= 4 is 56.0 Å². The molecule has 1 aliphatic heterocycles. The molecule has 3 aromatic rings. The standard InChI is InChI=1S/C23H21BrClN3O3/c1-23(2)15-11-18(27-5-7-28(8-6-27)22(30)31)16(25)10-14(15)20(29)19-13-4-3-12(24)9-17(13)26-21(19)23/h3-4,9-11,26H,5-8H2,1-2H3,(H,30,31). The molecule has 2 aromatic carbocycles. The third-order valence-corrected chi connectivity index (χ3v) is 7.30. The summed E-state index contributed by atoms with van der Waals surface area (Å²) in [5, 5.41) is 10.6. The lowest BCUT2D eigenvalue weighted by molar-refractivity contribution is 0.103. The van der Waals surface area contributed by atoms with Crippen molar-refractivity contribution in [2.24, 2.45) is 0 Å². The molecule has 0 radical (unpaired) electrons.